The van der Waals surface area contributed by atoms with Gasteiger partial charge in [-0.1, -0.05) is 57.2 Å². The molecule has 0 radical (unpaired) electrons. The molecule has 5 amide bonds. The maximum absolute atomic E-state index is 16.3. The first-order valence-electron chi connectivity index (χ1n) is 30.5. The van der Waals surface area contributed by atoms with Gasteiger partial charge in [-0.05, 0) is 112 Å². The lowest BCUT2D eigenvalue weighted by atomic mass is 9.85. The van der Waals surface area contributed by atoms with Crippen LogP contribution in [0.4, 0.5) is 45.0 Å². The summed E-state index contributed by atoms with van der Waals surface area (Å²) in [6.45, 7) is 17.1. The standard InChI is InChI=1S/C66H77F5N12O6S/c1-38-33-82(34-39(2)78(38)8)55-30-53(68)51(29-54(55)76-60(86)50-20-17-47(67)27-52(50)66(69,70)71)46-31-72-64(73-32-46)80-24-22-79(23-25-80)62(88)45-10-9-21-81(35-45)48-18-11-42(12-19-48)26-57(85)77-59(65(5,6)7)63(89)83-36-49(84)28-56(83)61(87)75-40(3)43-13-15-44(16-14-43)58-41(4)74-37-90-58/h11-20,27,29-32,37-40,45,49,56,59,84H,9-10,21-26,28,33-36H2,1-8H3,(H,75,87)(H,76,86)(H,77,85)/t38-,39+,40-,45?,49+,56-,59+/m0/s1. The molecule has 4 saturated heterocycles. The highest BCUT2D eigenvalue weighted by Crippen LogP contribution is 2.39. The molecule has 90 heavy (non-hydrogen) atoms. The normalized spacial score (nSPS) is 20.8. The van der Waals surface area contributed by atoms with Crippen molar-refractivity contribution in [3.63, 3.8) is 0 Å². The maximum Gasteiger partial charge on any atom is 0.417 e. The molecule has 0 bridgehead atoms. The Morgan fingerprint density at radius 2 is 1.46 bits per heavy atom. The average molecular weight is 1260 g/mol. The van der Waals surface area contributed by atoms with Gasteiger partial charge in [0.25, 0.3) is 5.91 Å². The molecular formula is C66H77F5N12O6S. The summed E-state index contributed by atoms with van der Waals surface area (Å²) < 4.78 is 72.5. The number of anilines is 4. The number of carbonyl (C=O) groups excluding carboxylic acids is 5. The Morgan fingerprint density at radius 3 is 2.09 bits per heavy atom. The fourth-order valence-corrected chi connectivity index (χ4v) is 13.4. The van der Waals surface area contributed by atoms with Crippen molar-refractivity contribution in [1.29, 1.82) is 0 Å². The van der Waals surface area contributed by atoms with Crippen molar-refractivity contribution in [1.82, 2.24) is 40.3 Å². The predicted octanol–water partition coefficient (Wildman–Crippen LogP) is 9.13. The summed E-state index contributed by atoms with van der Waals surface area (Å²) in [4.78, 5) is 95.7. The number of piperidine rings is 1. The number of aliphatic hydroxyl groups is 1. The molecule has 478 valence electrons. The number of alkyl halides is 3. The van der Waals surface area contributed by atoms with E-state index in [4.69, 9.17) is 0 Å². The third-order valence-corrected chi connectivity index (χ3v) is 18.9. The number of likely N-dealkylation sites (tertiary alicyclic amines) is 1. The van der Waals surface area contributed by atoms with Crippen LogP contribution in [0.15, 0.2) is 96.8 Å². The molecule has 6 heterocycles. The fourth-order valence-electron chi connectivity index (χ4n) is 12.5. The Kier molecular flexibility index (Phi) is 19.3. The van der Waals surface area contributed by atoms with Crippen LogP contribution in [0.2, 0.25) is 0 Å². The first kappa shape index (κ1) is 64.9. The summed E-state index contributed by atoms with van der Waals surface area (Å²) in [5, 5.41) is 19.4. The van der Waals surface area contributed by atoms with Gasteiger partial charge >= 0.3 is 6.18 Å². The van der Waals surface area contributed by atoms with E-state index in [0.29, 0.717) is 58.2 Å². The predicted molar refractivity (Wildman–Crippen MR) is 336 cm³/mol. The van der Waals surface area contributed by atoms with Gasteiger partial charge in [-0.3, -0.25) is 28.9 Å². The molecule has 0 saturated carbocycles. The van der Waals surface area contributed by atoms with E-state index in [1.165, 1.54) is 29.4 Å². The number of hydrogen-bond acceptors (Lipinski definition) is 14. The highest BCUT2D eigenvalue weighted by atomic mass is 32.1. The smallest absolute Gasteiger partial charge is 0.391 e. The second-order valence-corrected chi connectivity index (χ2v) is 26.2. The molecule has 4 fully saturated rings. The lowest BCUT2D eigenvalue weighted by molar-refractivity contribution is -0.144. The zero-order valence-corrected chi connectivity index (χ0v) is 52.6. The number of benzene rings is 4. The van der Waals surface area contributed by atoms with Gasteiger partial charge in [0.1, 0.15) is 23.7 Å². The van der Waals surface area contributed by atoms with Crippen molar-refractivity contribution in [2.75, 3.05) is 86.0 Å². The van der Waals surface area contributed by atoms with Crippen LogP contribution in [0.3, 0.4) is 0 Å². The van der Waals surface area contributed by atoms with Crippen LogP contribution in [0.5, 0.6) is 0 Å². The molecule has 4 aromatic carbocycles. The summed E-state index contributed by atoms with van der Waals surface area (Å²) in [5.41, 5.74) is 3.85. The van der Waals surface area contributed by atoms with Gasteiger partial charge in [0.15, 0.2) is 0 Å². The highest BCUT2D eigenvalue weighted by molar-refractivity contribution is 7.13. The molecule has 2 aromatic heterocycles. The third kappa shape index (κ3) is 14.6. The van der Waals surface area contributed by atoms with Crippen molar-refractivity contribution < 1.29 is 51.0 Å². The van der Waals surface area contributed by atoms with Crippen LogP contribution in [-0.4, -0.2) is 161 Å². The number of thiazole rings is 1. The van der Waals surface area contributed by atoms with Gasteiger partial charge in [-0.15, -0.1) is 11.3 Å². The number of amides is 5. The molecule has 0 spiro atoms. The number of hydrogen-bond donors (Lipinski definition) is 4. The van der Waals surface area contributed by atoms with Gasteiger partial charge in [-0.2, -0.15) is 13.2 Å². The molecule has 1 unspecified atom stereocenters. The van der Waals surface area contributed by atoms with Crippen LogP contribution >= 0.6 is 11.3 Å². The van der Waals surface area contributed by atoms with E-state index in [1.54, 1.807) is 16.8 Å². The second-order valence-electron chi connectivity index (χ2n) is 25.4. The first-order chi connectivity index (χ1) is 42.7. The Bertz CT molecular complexity index is 3590. The Balaban J connectivity index is 0.726. The molecule has 24 heteroatoms. The van der Waals surface area contributed by atoms with Crippen LogP contribution in [0, 0.1) is 29.9 Å². The number of likely N-dealkylation sites (N-methyl/N-ethyl adjacent to an activating group) is 1. The molecule has 7 atom stereocenters. The third-order valence-electron chi connectivity index (χ3n) is 17.9. The van der Waals surface area contributed by atoms with Crippen molar-refractivity contribution >= 4 is 63.9 Å². The maximum atomic E-state index is 16.3. The van der Waals surface area contributed by atoms with Crippen LogP contribution < -0.4 is 30.7 Å². The summed E-state index contributed by atoms with van der Waals surface area (Å²) >= 11 is 1.56. The van der Waals surface area contributed by atoms with E-state index in [2.05, 4.69) is 40.7 Å². The van der Waals surface area contributed by atoms with E-state index in [9.17, 15) is 46.6 Å². The minimum absolute atomic E-state index is 0.00641. The topological polar surface area (TPSA) is 200 Å². The lowest BCUT2D eigenvalue weighted by Gasteiger charge is -2.44. The Hall–Kier alpha value is -8.09. The minimum atomic E-state index is -5.03. The molecule has 6 aromatic rings. The number of β-amino-alcohol motifs (C(OH)–C–C–N with tert-alkyl or cyclic N) is 1. The van der Waals surface area contributed by atoms with Gasteiger partial charge in [0, 0.05) is 107 Å². The SMILES string of the molecule is Cc1ncsc1-c1ccc([C@H](C)NC(=O)[C@@H]2C[C@@H](O)CN2C(=O)[C@@H](NC(=O)Cc2ccc(N3CCCC(C(=O)N4CCN(c5ncc(-c6cc(NC(=O)c7ccc(F)cc7C(F)(F)F)c(N7C[C@@H](C)N(C)[C@@H](C)C7)cc6F)cn5)CC4)C3)cc2)C(C)(C)C)cc1. The van der Waals surface area contributed by atoms with Crippen LogP contribution in [0.25, 0.3) is 21.6 Å². The number of nitrogens with one attached hydrogen (secondary N) is 3. The van der Waals surface area contributed by atoms with E-state index < -0.39 is 70.3 Å². The fraction of sp³-hybridized carbons (Fsp3) is 0.455. The van der Waals surface area contributed by atoms with Crippen molar-refractivity contribution in [2.24, 2.45) is 11.3 Å². The molecule has 0 aliphatic carbocycles. The lowest BCUT2D eigenvalue weighted by Crippen LogP contribution is -2.58. The van der Waals surface area contributed by atoms with Crippen molar-refractivity contribution in [3.8, 4) is 21.6 Å². The summed E-state index contributed by atoms with van der Waals surface area (Å²) in [6.07, 6.45) is -1.52. The zero-order chi connectivity index (χ0) is 64.5. The molecule has 18 nitrogen and oxygen atoms in total. The van der Waals surface area contributed by atoms with Crippen molar-refractivity contribution in [3.05, 3.63) is 136 Å². The molecule has 10 rings (SSSR count). The number of aliphatic hydroxyl groups excluding tert-OH is 1. The largest absolute Gasteiger partial charge is 0.417 e. The number of nitrogens with zero attached hydrogens (tertiary/aromatic N) is 9. The summed E-state index contributed by atoms with van der Waals surface area (Å²) in [5.74, 6) is -4.07. The quantitative estimate of drug-likeness (QED) is 0.0711. The summed E-state index contributed by atoms with van der Waals surface area (Å²) in [7, 11) is 1.97. The van der Waals surface area contributed by atoms with Crippen LogP contribution in [0.1, 0.15) is 99.6 Å². The molecule has 4 aliphatic rings. The number of piperazine rings is 2. The van der Waals surface area contributed by atoms with Gasteiger partial charge in [0.05, 0.1) is 63.1 Å². The van der Waals surface area contributed by atoms with E-state index in [-0.39, 0.29) is 83.8 Å². The van der Waals surface area contributed by atoms with Gasteiger partial charge in [0.2, 0.25) is 29.6 Å². The zero-order valence-electron chi connectivity index (χ0n) is 51.8. The second kappa shape index (κ2) is 26.8. The molecular weight excluding hydrogens is 1180 g/mol. The Morgan fingerprint density at radius 1 is 0.778 bits per heavy atom. The number of rotatable bonds is 15. The number of carbonyl (C=O) groups is 5. The minimum Gasteiger partial charge on any atom is -0.391 e. The molecule has 4 aliphatic heterocycles. The first-order valence-corrected chi connectivity index (χ1v) is 31.4. The van der Waals surface area contributed by atoms with Gasteiger partial charge < -0.3 is 45.6 Å². The van der Waals surface area contributed by atoms with Gasteiger partial charge in [-0.25, -0.2) is 23.7 Å². The van der Waals surface area contributed by atoms with E-state index in [0.717, 1.165) is 58.0 Å². The van der Waals surface area contributed by atoms with E-state index in [1.807, 2.05) is 119 Å². The number of halogens is 5. The molecule has 4 N–H and O–H groups in total. The highest BCUT2D eigenvalue weighted by Gasteiger charge is 2.45. The van der Waals surface area contributed by atoms with Crippen molar-refractivity contribution in [2.45, 2.75) is 117 Å². The Labute approximate surface area is 524 Å². The van der Waals surface area contributed by atoms with Crippen LogP contribution in [-0.2, 0) is 31.8 Å². The average Bonchev–Trinajstić information content (AvgIpc) is 0.914. The summed E-state index contributed by atoms with van der Waals surface area (Å²) in [6, 6.07) is 17.6. The number of aromatic nitrogens is 3. The van der Waals surface area contributed by atoms with E-state index >= 15 is 4.39 Å². The number of aryl methyl sites for hydroxylation is 1. The monoisotopic (exact) mass is 1260 g/mol.